The Bertz CT molecular complexity index is 281. The second-order valence-corrected chi connectivity index (χ2v) is 2.27. The Morgan fingerprint density at radius 1 is 1.83 bits per heavy atom. The number of aliphatic imine (C=N–C) groups is 1. The lowest BCUT2D eigenvalue weighted by Gasteiger charge is -1.94. The van der Waals surface area contributed by atoms with E-state index in [1.165, 1.54) is 6.40 Å². The summed E-state index contributed by atoms with van der Waals surface area (Å²) in [5.74, 6) is 0. The third-order valence-electron chi connectivity index (χ3n) is 1.48. The van der Waals surface area contributed by atoms with Crippen LogP contribution in [0.15, 0.2) is 28.4 Å². The van der Waals surface area contributed by atoms with Crippen LogP contribution in [-0.4, -0.2) is 13.0 Å². The Morgan fingerprint density at radius 3 is 3.33 bits per heavy atom. The Morgan fingerprint density at radius 2 is 2.67 bits per heavy atom. The van der Waals surface area contributed by atoms with Gasteiger partial charge in [-0.1, -0.05) is 6.08 Å². The Hall–Kier alpha value is -1.56. The maximum Gasteiger partial charge on any atom is 0.174 e. The summed E-state index contributed by atoms with van der Waals surface area (Å²) >= 11 is 0. The van der Waals surface area contributed by atoms with Crippen molar-refractivity contribution in [3.63, 3.8) is 0 Å². The maximum atomic E-state index is 8.62. The molecule has 1 aliphatic carbocycles. The van der Waals surface area contributed by atoms with Crippen molar-refractivity contribution in [2.75, 3.05) is 6.61 Å². The molecule has 0 atom stereocenters. The lowest BCUT2D eigenvalue weighted by atomic mass is 10.3. The summed E-state index contributed by atoms with van der Waals surface area (Å²) in [5, 5.41) is 8.62. The van der Waals surface area contributed by atoms with Gasteiger partial charge in [-0.25, -0.2) is 4.99 Å². The number of hydrogen-bond acceptors (Lipinski definition) is 3. The zero-order valence-corrected chi connectivity index (χ0v) is 6.95. The van der Waals surface area contributed by atoms with Gasteiger partial charge >= 0.3 is 0 Å². The van der Waals surface area contributed by atoms with Crippen molar-refractivity contribution in [2.45, 2.75) is 13.3 Å². The van der Waals surface area contributed by atoms with E-state index in [-0.39, 0.29) is 0 Å². The average molecular weight is 162 g/mol. The predicted molar refractivity (Wildman–Crippen MR) is 46.5 cm³/mol. The summed E-state index contributed by atoms with van der Waals surface area (Å²) in [4.78, 5) is 4.01. The van der Waals surface area contributed by atoms with Crippen LogP contribution in [0, 0.1) is 11.3 Å². The normalized spacial score (nSPS) is 15.7. The molecule has 0 saturated carbocycles. The smallest absolute Gasteiger partial charge is 0.174 e. The minimum atomic E-state index is 0.603. The van der Waals surface area contributed by atoms with Crippen molar-refractivity contribution in [3.8, 4) is 6.07 Å². The van der Waals surface area contributed by atoms with E-state index in [4.69, 9.17) is 10.00 Å². The van der Waals surface area contributed by atoms with E-state index in [1.54, 1.807) is 6.08 Å². The van der Waals surface area contributed by atoms with E-state index in [9.17, 15) is 0 Å². The summed E-state index contributed by atoms with van der Waals surface area (Å²) in [7, 11) is 0. The molecular weight excluding hydrogens is 152 g/mol. The highest BCUT2D eigenvalue weighted by Gasteiger charge is 2.05. The summed E-state index contributed by atoms with van der Waals surface area (Å²) in [5.41, 5.74) is 1.41. The molecule has 0 fully saturated rings. The van der Waals surface area contributed by atoms with E-state index in [1.807, 2.05) is 13.0 Å². The van der Waals surface area contributed by atoms with E-state index >= 15 is 0 Å². The number of hydrogen-bond donors (Lipinski definition) is 0. The van der Waals surface area contributed by atoms with Gasteiger partial charge in [0.05, 0.1) is 17.9 Å². The van der Waals surface area contributed by atoms with Crippen molar-refractivity contribution in [1.82, 2.24) is 0 Å². The molecule has 0 aliphatic heterocycles. The zero-order valence-electron chi connectivity index (χ0n) is 6.95. The molecule has 3 heteroatoms. The minimum Gasteiger partial charge on any atom is -0.483 e. The van der Waals surface area contributed by atoms with Crippen molar-refractivity contribution < 1.29 is 4.74 Å². The van der Waals surface area contributed by atoms with Crippen LogP contribution in [0.2, 0.25) is 0 Å². The first-order valence-corrected chi connectivity index (χ1v) is 3.82. The van der Waals surface area contributed by atoms with Gasteiger partial charge < -0.3 is 4.74 Å². The first-order chi connectivity index (χ1) is 5.88. The van der Waals surface area contributed by atoms with Gasteiger partial charge in [0.15, 0.2) is 6.40 Å². The third kappa shape index (κ3) is 1.96. The summed E-state index contributed by atoms with van der Waals surface area (Å²) in [6, 6.07) is 2.06. The van der Waals surface area contributed by atoms with Crippen molar-refractivity contribution >= 4 is 6.40 Å². The molecule has 0 unspecified atom stereocenters. The van der Waals surface area contributed by atoms with E-state index in [0.717, 1.165) is 12.1 Å². The molecule has 1 rings (SSSR count). The van der Waals surface area contributed by atoms with Gasteiger partial charge in [-0.3, -0.25) is 0 Å². The monoisotopic (exact) mass is 162 g/mol. The Balaban J connectivity index is 2.59. The number of rotatable bonds is 3. The molecule has 0 heterocycles. The highest BCUT2D eigenvalue weighted by atomic mass is 16.5. The summed E-state index contributed by atoms with van der Waals surface area (Å²) in [6.07, 6.45) is 5.81. The molecular formula is C9H10N2O. The van der Waals surface area contributed by atoms with Crippen molar-refractivity contribution in [2.24, 2.45) is 4.99 Å². The van der Waals surface area contributed by atoms with Gasteiger partial charge in [0.1, 0.15) is 6.07 Å². The van der Waals surface area contributed by atoms with Crippen LogP contribution in [0.1, 0.15) is 13.3 Å². The van der Waals surface area contributed by atoms with Gasteiger partial charge in [-0.2, -0.15) is 5.26 Å². The Labute approximate surface area is 71.7 Å². The first-order valence-electron chi connectivity index (χ1n) is 3.82. The highest BCUT2D eigenvalue weighted by molar-refractivity contribution is 5.53. The molecule has 3 nitrogen and oxygen atoms in total. The number of allylic oxidation sites excluding steroid dienone is 3. The SMILES string of the molecule is CCO/C=N/C1=C(C#N)C=CC1. The molecule has 0 aromatic rings. The molecule has 62 valence electrons. The first kappa shape index (κ1) is 8.54. The number of nitriles is 1. The minimum absolute atomic E-state index is 0.603. The largest absolute Gasteiger partial charge is 0.483 e. The molecule has 0 spiro atoms. The molecule has 0 aromatic carbocycles. The molecule has 12 heavy (non-hydrogen) atoms. The molecule has 0 aromatic heterocycles. The van der Waals surface area contributed by atoms with Gasteiger partial charge in [0.2, 0.25) is 0 Å². The van der Waals surface area contributed by atoms with Crippen LogP contribution in [-0.2, 0) is 4.74 Å². The molecule has 0 saturated heterocycles. The van der Waals surface area contributed by atoms with Crippen LogP contribution in [0.3, 0.4) is 0 Å². The predicted octanol–water partition coefficient (Wildman–Crippen LogP) is 1.79. The lowest BCUT2D eigenvalue weighted by molar-refractivity contribution is 0.343. The van der Waals surface area contributed by atoms with E-state index in [2.05, 4.69) is 11.1 Å². The second-order valence-electron chi connectivity index (χ2n) is 2.27. The quantitative estimate of drug-likeness (QED) is 0.469. The van der Waals surface area contributed by atoms with Crippen molar-refractivity contribution in [3.05, 3.63) is 23.4 Å². The third-order valence-corrected chi connectivity index (χ3v) is 1.48. The van der Waals surface area contributed by atoms with E-state index < -0.39 is 0 Å². The molecule has 0 bridgehead atoms. The average Bonchev–Trinajstić information content (AvgIpc) is 2.52. The van der Waals surface area contributed by atoms with Gasteiger partial charge in [0, 0.05) is 6.42 Å². The standard InChI is InChI=1S/C9H10N2O/c1-2-12-7-11-9-5-3-4-8(9)6-10/h3-4,7H,2,5H2,1H3/b11-7+. The second kappa shape index (κ2) is 4.35. The summed E-state index contributed by atoms with van der Waals surface area (Å²) in [6.45, 7) is 2.49. The van der Waals surface area contributed by atoms with Gasteiger partial charge in [-0.05, 0) is 13.0 Å². The molecule has 1 aliphatic rings. The molecule has 0 N–H and O–H groups in total. The van der Waals surface area contributed by atoms with Crippen LogP contribution in [0.4, 0.5) is 0 Å². The number of nitrogens with zero attached hydrogens (tertiary/aromatic N) is 2. The van der Waals surface area contributed by atoms with E-state index in [0.29, 0.717) is 12.2 Å². The fraction of sp³-hybridized carbons (Fsp3) is 0.333. The van der Waals surface area contributed by atoms with Crippen LogP contribution >= 0.6 is 0 Å². The topological polar surface area (TPSA) is 45.4 Å². The van der Waals surface area contributed by atoms with Crippen LogP contribution in [0.5, 0.6) is 0 Å². The maximum absolute atomic E-state index is 8.62. The fourth-order valence-electron chi connectivity index (χ4n) is 0.894. The number of ether oxygens (including phenoxy) is 1. The van der Waals surface area contributed by atoms with Gasteiger partial charge in [-0.15, -0.1) is 0 Å². The van der Waals surface area contributed by atoms with Crippen LogP contribution in [0.25, 0.3) is 0 Å². The highest BCUT2D eigenvalue weighted by Crippen LogP contribution is 2.18. The molecule has 0 amide bonds. The summed E-state index contributed by atoms with van der Waals surface area (Å²) < 4.78 is 4.93. The van der Waals surface area contributed by atoms with Gasteiger partial charge in [0.25, 0.3) is 0 Å². The zero-order chi connectivity index (χ0) is 8.81. The Kier molecular flexibility index (Phi) is 3.09. The fourth-order valence-corrected chi connectivity index (χ4v) is 0.894. The molecule has 0 radical (unpaired) electrons. The van der Waals surface area contributed by atoms with Crippen LogP contribution < -0.4 is 0 Å². The lowest BCUT2D eigenvalue weighted by Crippen LogP contribution is -1.86. The van der Waals surface area contributed by atoms with Crippen molar-refractivity contribution in [1.29, 1.82) is 5.26 Å².